The summed E-state index contributed by atoms with van der Waals surface area (Å²) in [4.78, 5) is 9.89. The Morgan fingerprint density at radius 2 is 2.00 bits per heavy atom. The third-order valence-electron chi connectivity index (χ3n) is 4.44. The summed E-state index contributed by atoms with van der Waals surface area (Å²) in [5.41, 5.74) is 0.286. The summed E-state index contributed by atoms with van der Waals surface area (Å²) < 4.78 is 13.6. The van der Waals surface area contributed by atoms with Crippen molar-refractivity contribution in [1.29, 1.82) is 0 Å². The van der Waals surface area contributed by atoms with Crippen LogP contribution in [0.2, 0.25) is 0 Å². The molecule has 0 bridgehead atoms. The van der Waals surface area contributed by atoms with Crippen LogP contribution in [0.3, 0.4) is 0 Å². The van der Waals surface area contributed by atoms with E-state index in [9.17, 15) is 14.5 Å². The summed E-state index contributed by atoms with van der Waals surface area (Å²) >= 11 is 0. The summed E-state index contributed by atoms with van der Waals surface area (Å²) in [6, 6.07) is 4.50. The fraction of sp³-hybridized carbons (Fsp3) is 0.625. The first-order chi connectivity index (χ1) is 10.1. The van der Waals surface area contributed by atoms with E-state index >= 15 is 0 Å². The summed E-state index contributed by atoms with van der Waals surface area (Å²) in [5, 5.41) is 14.0. The predicted octanol–water partition coefficient (Wildman–Crippen LogP) is 4.18. The molecule has 0 saturated heterocycles. The zero-order chi connectivity index (χ0) is 15.2. The Balaban J connectivity index is 1.90. The van der Waals surface area contributed by atoms with Crippen molar-refractivity contribution in [3.8, 4) is 0 Å². The summed E-state index contributed by atoms with van der Waals surface area (Å²) in [7, 11) is 0. The minimum Gasteiger partial charge on any atom is -0.310 e. The van der Waals surface area contributed by atoms with Crippen LogP contribution < -0.4 is 5.32 Å². The summed E-state index contributed by atoms with van der Waals surface area (Å²) in [6.45, 7) is 2.73. The highest BCUT2D eigenvalue weighted by Crippen LogP contribution is 2.25. The Labute approximate surface area is 124 Å². The second-order valence-electron chi connectivity index (χ2n) is 5.96. The maximum Gasteiger partial charge on any atom is 0.304 e. The molecule has 2 rings (SSSR count). The standard InChI is InChI=1S/C16H23FN2O2/c1-12(14-6-4-2-3-5-7-14)18-11-13-8-9-16(19(20)21)15(17)10-13/h8-10,12,14,18H,2-7,11H2,1H3/t12-/m0/s1. The molecule has 1 fully saturated rings. The number of hydrogen-bond acceptors (Lipinski definition) is 3. The molecular weight excluding hydrogens is 271 g/mol. The highest BCUT2D eigenvalue weighted by molar-refractivity contribution is 5.34. The molecule has 0 aromatic heterocycles. The van der Waals surface area contributed by atoms with Gasteiger partial charge in [0.25, 0.3) is 0 Å². The molecule has 1 aromatic rings. The van der Waals surface area contributed by atoms with E-state index in [0.29, 0.717) is 18.5 Å². The number of nitrogens with one attached hydrogen (secondary N) is 1. The molecule has 1 aliphatic rings. The quantitative estimate of drug-likeness (QED) is 0.503. The highest BCUT2D eigenvalue weighted by atomic mass is 19.1. The van der Waals surface area contributed by atoms with Crippen LogP contribution in [0, 0.1) is 21.8 Å². The number of hydrogen-bond donors (Lipinski definition) is 1. The molecule has 1 atom stereocenters. The van der Waals surface area contributed by atoms with E-state index in [1.807, 2.05) is 0 Å². The Morgan fingerprint density at radius 3 is 2.57 bits per heavy atom. The van der Waals surface area contributed by atoms with Crippen LogP contribution in [-0.2, 0) is 6.54 Å². The fourth-order valence-corrected chi connectivity index (χ4v) is 3.06. The van der Waals surface area contributed by atoms with Crippen molar-refractivity contribution >= 4 is 5.69 Å². The SMILES string of the molecule is C[C@H](NCc1ccc([N+](=O)[O-])c(F)c1)C1CCCCCC1. The number of halogens is 1. The Kier molecular flexibility index (Phi) is 5.67. The topological polar surface area (TPSA) is 55.2 Å². The smallest absolute Gasteiger partial charge is 0.304 e. The first-order valence-electron chi connectivity index (χ1n) is 7.74. The molecule has 5 heteroatoms. The van der Waals surface area contributed by atoms with Crippen LogP contribution in [0.1, 0.15) is 51.0 Å². The number of nitro benzene ring substituents is 1. The molecule has 1 saturated carbocycles. The molecular formula is C16H23FN2O2. The lowest BCUT2D eigenvalue weighted by Crippen LogP contribution is -2.32. The van der Waals surface area contributed by atoms with Gasteiger partial charge in [0.05, 0.1) is 4.92 Å². The van der Waals surface area contributed by atoms with Crippen molar-refractivity contribution in [2.75, 3.05) is 0 Å². The van der Waals surface area contributed by atoms with Gasteiger partial charge in [0.2, 0.25) is 5.82 Å². The number of nitrogens with zero attached hydrogens (tertiary/aromatic N) is 1. The average molecular weight is 294 g/mol. The molecule has 1 N–H and O–H groups in total. The van der Waals surface area contributed by atoms with E-state index in [-0.39, 0.29) is 0 Å². The van der Waals surface area contributed by atoms with Crippen LogP contribution >= 0.6 is 0 Å². The van der Waals surface area contributed by atoms with Crippen molar-refractivity contribution in [3.05, 3.63) is 39.7 Å². The maximum atomic E-state index is 13.6. The van der Waals surface area contributed by atoms with Crippen LogP contribution in [0.25, 0.3) is 0 Å². The van der Waals surface area contributed by atoms with Gasteiger partial charge >= 0.3 is 5.69 Å². The van der Waals surface area contributed by atoms with Crippen LogP contribution in [-0.4, -0.2) is 11.0 Å². The Hall–Kier alpha value is -1.49. The lowest BCUT2D eigenvalue weighted by atomic mass is 9.93. The van der Waals surface area contributed by atoms with Gasteiger partial charge in [-0.2, -0.15) is 4.39 Å². The van der Waals surface area contributed by atoms with E-state index in [4.69, 9.17) is 0 Å². The molecule has 0 heterocycles. The largest absolute Gasteiger partial charge is 0.310 e. The van der Waals surface area contributed by atoms with E-state index in [2.05, 4.69) is 12.2 Å². The predicted molar refractivity (Wildman–Crippen MR) is 80.5 cm³/mol. The zero-order valence-electron chi connectivity index (χ0n) is 12.5. The second-order valence-corrected chi connectivity index (χ2v) is 5.96. The normalized spacial score (nSPS) is 18.2. The summed E-state index contributed by atoms with van der Waals surface area (Å²) in [6.07, 6.45) is 7.75. The van der Waals surface area contributed by atoms with Gasteiger partial charge < -0.3 is 5.32 Å². The summed E-state index contributed by atoms with van der Waals surface area (Å²) in [5.74, 6) is -0.0863. The molecule has 21 heavy (non-hydrogen) atoms. The van der Waals surface area contributed by atoms with Crippen LogP contribution in [0.4, 0.5) is 10.1 Å². The van der Waals surface area contributed by atoms with Crippen molar-refractivity contribution in [3.63, 3.8) is 0 Å². The van der Waals surface area contributed by atoms with Crippen molar-refractivity contribution in [2.24, 2.45) is 5.92 Å². The van der Waals surface area contributed by atoms with Gasteiger partial charge in [-0.1, -0.05) is 31.7 Å². The molecule has 1 aromatic carbocycles. The van der Waals surface area contributed by atoms with Gasteiger partial charge in [0, 0.05) is 18.7 Å². The highest BCUT2D eigenvalue weighted by Gasteiger charge is 2.19. The van der Waals surface area contributed by atoms with Gasteiger partial charge in [0.15, 0.2) is 0 Å². The lowest BCUT2D eigenvalue weighted by Gasteiger charge is -2.23. The zero-order valence-corrected chi connectivity index (χ0v) is 12.5. The maximum absolute atomic E-state index is 13.6. The van der Waals surface area contributed by atoms with Crippen LogP contribution in [0.5, 0.6) is 0 Å². The van der Waals surface area contributed by atoms with Gasteiger partial charge in [-0.15, -0.1) is 0 Å². The minimum atomic E-state index is -0.763. The van der Waals surface area contributed by atoms with Gasteiger partial charge in [-0.25, -0.2) is 0 Å². The first-order valence-corrected chi connectivity index (χ1v) is 7.74. The van der Waals surface area contributed by atoms with Crippen LogP contribution in [0.15, 0.2) is 18.2 Å². The molecule has 0 unspecified atom stereocenters. The average Bonchev–Trinajstić information content (AvgIpc) is 2.73. The molecule has 0 spiro atoms. The van der Waals surface area contributed by atoms with Gasteiger partial charge in [-0.05, 0) is 37.3 Å². The Morgan fingerprint density at radius 1 is 1.33 bits per heavy atom. The van der Waals surface area contributed by atoms with Crippen molar-refractivity contribution in [1.82, 2.24) is 5.32 Å². The molecule has 0 radical (unpaired) electrons. The van der Waals surface area contributed by atoms with E-state index in [0.717, 1.165) is 5.56 Å². The fourth-order valence-electron chi connectivity index (χ4n) is 3.06. The molecule has 0 aliphatic heterocycles. The van der Waals surface area contributed by atoms with Gasteiger partial charge in [-0.3, -0.25) is 10.1 Å². The lowest BCUT2D eigenvalue weighted by molar-refractivity contribution is -0.387. The molecule has 1 aliphatic carbocycles. The minimum absolute atomic E-state index is 0.390. The van der Waals surface area contributed by atoms with E-state index < -0.39 is 16.4 Å². The van der Waals surface area contributed by atoms with Crippen molar-refractivity contribution in [2.45, 2.75) is 58.0 Å². The third kappa shape index (κ3) is 4.49. The second kappa shape index (κ2) is 7.50. The number of nitro groups is 1. The Bertz CT molecular complexity index is 485. The first kappa shape index (κ1) is 15.9. The molecule has 116 valence electrons. The molecule has 4 nitrogen and oxygen atoms in total. The molecule has 0 amide bonds. The monoisotopic (exact) mass is 294 g/mol. The third-order valence-corrected chi connectivity index (χ3v) is 4.44. The number of rotatable bonds is 5. The van der Waals surface area contributed by atoms with E-state index in [1.165, 1.54) is 50.7 Å². The van der Waals surface area contributed by atoms with Gasteiger partial charge in [0.1, 0.15) is 0 Å². The van der Waals surface area contributed by atoms with Crippen molar-refractivity contribution < 1.29 is 9.31 Å². The van der Waals surface area contributed by atoms with E-state index in [1.54, 1.807) is 6.07 Å². The number of benzene rings is 1.